The zero-order valence-electron chi connectivity index (χ0n) is 12.2. The molecule has 1 saturated heterocycles. The van der Waals surface area contributed by atoms with Crippen LogP contribution in [0.25, 0.3) is 0 Å². The highest BCUT2D eigenvalue weighted by atomic mass is 16.5. The summed E-state index contributed by atoms with van der Waals surface area (Å²) in [6.07, 6.45) is 2.49. The number of hydrogen-bond acceptors (Lipinski definition) is 2. The first-order valence-electron chi connectivity index (χ1n) is 7.94. The lowest BCUT2D eigenvalue weighted by Crippen LogP contribution is -2.31. The number of para-hydroxylation sites is 1. The van der Waals surface area contributed by atoms with Crippen LogP contribution in [0.2, 0.25) is 0 Å². The largest absolute Gasteiger partial charge is 0.489 e. The van der Waals surface area contributed by atoms with Gasteiger partial charge in [0.15, 0.2) is 0 Å². The Hall–Kier alpha value is -1.80. The quantitative estimate of drug-likeness (QED) is 0.859. The second kappa shape index (κ2) is 5.53. The fourth-order valence-electron chi connectivity index (χ4n) is 3.85. The van der Waals surface area contributed by atoms with Crippen LogP contribution in [0.4, 0.5) is 0 Å². The number of ether oxygens (including phenoxy) is 1. The van der Waals surface area contributed by atoms with E-state index in [0.717, 1.165) is 18.8 Å². The minimum atomic E-state index is 0.474. The Balaban J connectivity index is 1.85. The van der Waals surface area contributed by atoms with Gasteiger partial charge in [-0.05, 0) is 49.0 Å². The number of fused-ring (bicyclic) bond motifs is 2. The summed E-state index contributed by atoms with van der Waals surface area (Å²) in [6, 6.07) is 17.4. The zero-order valence-corrected chi connectivity index (χ0v) is 12.2. The van der Waals surface area contributed by atoms with Crippen molar-refractivity contribution in [2.75, 3.05) is 13.1 Å². The third kappa shape index (κ3) is 2.34. The van der Waals surface area contributed by atoms with Gasteiger partial charge in [0, 0.05) is 11.5 Å². The summed E-state index contributed by atoms with van der Waals surface area (Å²) in [5, 5.41) is 3.49. The van der Waals surface area contributed by atoms with Crippen molar-refractivity contribution < 1.29 is 4.74 Å². The third-order valence-electron chi connectivity index (χ3n) is 4.88. The van der Waals surface area contributed by atoms with Gasteiger partial charge in [0.05, 0.1) is 0 Å². The van der Waals surface area contributed by atoms with Crippen molar-refractivity contribution in [2.45, 2.75) is 25.4 Å². The van der Waals surface area contributed by atoms with Crippen molar-refractivity contribution in [1.29, 1.82) is 0 Å². The molecule has 0 aliphatic carbocycles. The Labute approximate surface area is 126 Å². The molecule has 108 valence electrons. The van der Waals surface area contributed by atoms with E-state index in [4.69, 9.17) is 4.74 Å². The standard InChI is InChI=1S/C19H21NO/c1-2-6-16-15(5-1)13-21-18-8-4-3-7-17(18)19(16)14-9-11-20-12-10-14/h1-8,14,19-20H,9-13H2. The molecule has 0 saturated carbocycles. The molecule has 0 bridgehead atoms. The summed E-state index contributed by atoms with van der Waals surface area (Å²) in [7, 11) is 0. The lowest BCUT2D eigenvalue weighted by Gasteiger charge is -2.31. The Morgan fingerprint density at radius 1 is 0.857 bits per heavy atom. The Morgan fingerprint density at radius 3 is 2.43 bits per heavy atom. The molecule has 2 aromatic rings. The lowest BCUT2D eigenvalue weighted by atomic mass is 9.75. The van der Waals surface area contributed by atoms with Crippen LogP contribution in [0.15, 0.2) is 48.5 Å². The van der Waals surface area contributed by atoms with Gasteiger partial charge >= 0.3 is 0 Å². The highest BCUT2D eigenvalue weighted by Crippen LogP contribution is 2.44. The van der Waals surface area contributed by atoms with E-state index in [1.807, 2.05) is 0 Å². The maximum atomic E-state index is 6.08. The second-order valence-electron chi connectivity index (χ2n) is 6.09. The molecule has 0 aromatic heterocycles. The molecule has 4 rings (SSSR count). The topological polar surface area (TPSA) is 21.3 Å². The van der Waals surface area contributed by atoms with Crippen molar-refractivity contribution in [3.8, 4) is 5.75 Å². The van der Waals surface area contributed by atoms with Gasteiger partial charge in [-0.25, -0.2) is 0 Å². The Bertz CT molecular complexity index is 583. The molecule has 2 aromatic carbocycles. The molecule has 1 N–H and O–H groups in total. The second-order valence-corrected chi connectivity index (χ2v) is 6.09. The molecule has 21 heavy (non-hydrogen) atoms. The molecule has 1 fully saturated rings. The van der Waals surface area contributed by atoms with Gasteiger partial charge in [-0.15, -0.1) is 0 Å². The number of nitrogens with one attached hydrogen (secondary N) is 1. The monoisotopic (exact) mass is 279 g/mol. The van der Waals surface area contributed by atoms with Gasteiger partial charge in [-0.2, -0.15) is 0 Å². The minimum absolute atomic E-state index is 0.474. The maximum absolute atomic E-state index is 6.08. The fraction of sp³-hybridized carbons (Fsp3) is 0.368. The summed E-state index contributed by atoms with van der Waals surface area (Å²) in [4.78, 5) is 0. The SMILES string of the molecule is c1ccc2c(c1)COc1ccccc1C2C1CCNCC1. The summed E-state index contributed by atoms with van der Waals surface area (Å²) in [5.41, 5.74) is 4.18. The molecule has 2 nitrogen and oxygen atoms in total. The number of piperidine rings is 1. The van der Waals surface area contributed by atoms with Crippen molar-refractivity contribution in [3.63, 3.8) is 0 Å². The molecule has 2 heterocycles. The van der Waals surface area contributed by atoms with Gasteiger partial charge in [-0.3, -0.25) is 0 Å². The van der Waals surface area contributed by atoms with Crippen molar-refractivity contribution in [1.82, 2.24) is 5.32 Å². The first kappa shape index (κ1) is 12.9. The van der Waals surface area contributed by atoms with E-state index in [1.54, 1.807) is 0 Å². The number of benzene rings is 2. The average molecular weight is 279 g/mol. The van der Waals surface area contributed by atoms with Gasteiger partial charge < -0.3 is 10.1 Å². The first-order valence-corrected chi connectivity index (χ1v) is 7.94. The Morgan fingerprint density at radius 2 is 1.57 bits per heavy atom. The number of rotatable bonds is 1. The van der Waals surface area contributed by atoms with E-state index >= 15 is 0 Å². The van der Waals surface area contributed by atoms with E-state index in [0.29, 0.717) is 18.4 Å². The molecule has 2 heteroatoms. The maximum Gasteiger partial charge on any atom is 0.123 e. The van der Waals surface area contributed by atoms with Crippen LogP contribution in [0, 0.1) is 5.92 Å². The predicted octanol–water partition coefficient (Wildman–Crippen LogP) is 3.71. The van der Waals surface area contributed by atoms with Gasteiger partial charge in [0.2, 0.25) is 0 Å². The normalized spacial score (nSPS) is 21.8. The van der Waals surface area contributed by atoms with Crippen molar-refractivity contribution in [3.05, 3.63) is 65.2 Å². The summed E-state index contributed by atoms with van der Waals surface area (Å²) in [6.45, 7) is 2.95. The molecule has 1 atom stereocenters. The van der Waals surface area contributed by atoms with Crippen LogP contribution in [-0.2, 0) is 6.61 Å². The van der Waals surface area contributed by atoms with Crippen molar-refractivity contribution in [2.24, 2.45) is 5.92 Å². The molecule has 2 aliphatic rings. The van der Waals surface area contributed by atoms with Gasteiger partial charge in [0.1, 0.15) is 12.4 Å². The van der Waals surface area contributed by atoms with Crippen LogP contribution in [0.3, 0.4) is 0 Å². The van der Waals surface area contributed by atoms with E-state index < -0.39 is 0 Å². The number of hydrogen-bond donors (Lipinski definition) is 1. The molecule has 0 radical (unpaired) electrons. The Kier molecular flexibility index (Phi) is 3.40. The van der Waals surface area contributed by atoms with Crippen molar-refractivity contribution >= 4 is 0 Å². The molecule has 0 amide bonds. The summed E-state index contributed by atoms with van der Waals surface area (Å²) in [5.74, 6) is 2.24. The molecule has 2 aliphatic heterocycles. The smallest absolute Gasteiger partial charge is 0.123 e. The van der Waals surface area contributed by atoms with E-state index in [2.05, 4.69) is 53.8 Å². The molecular formula is C19H21NO. The minimum Gasteiger partial charge on any atom is -0.489 e. The molecule has 1 unspecified atom stereocenters. The fourth-order valence-corrected chi connectivity index (χ4v) is 3.85. The van der Waals surface area contributed by atoms with Crippen LogP contribution >= 0.6 is 0 Å². The predicted molar refractivity (Wildman–Crippen MR) is 84.7 cm³/mol. The van der Waals surface area contributed by atoms with Crippen LogP contribution < -0.4 is 10.1 Å². The van der Waals surface area contributed by atoms with Gasteiger partial charge in [0.25, 0.3) is 0 Å². The highest BCUT2D eigenvalue weighted by Gasteiger charge is 2.31. The summed E-state index contributed by atoms with van der Waals surface area (Å²) < 4.78 is 6.08. The van der Waals surface area contributed by atoms with Crippen LogP contribution in [-0.4, -0.2) is 13.1 Å². The third-order valence-corrected chi connectivity index (χ3v) is 4.88. The van der Waals surface area contributed by atoms with E-state index in [9.17, 15) is 0 Å². The van der Waals surface area contributed by atoms with Crippen LogP contribution in [0.5, 0.6) is 5.75 Å². The lowest BCUT2D eigenvalue weighted by molar-refractivity contribution is 0.304. The highest BCUT2D eigenvalue weighted by molar-refractivity contribution is 5.47. The molecule has 0 spiro atoms. The average Bonchev–Trinajstić information content (AvgIpc) is 2.72. The molecular weight excluding hydrogens is 258 g/mol. The summed E-state index contributed by atoms with van der Waals surface area (Å²) >= 11 is 0. The van der Waals surface area contributed by atoms with Crippen LogP contribution in [0.1, 0.15) is 35.4 Å². The van der Waals surface area contributed by atoms with E-state index in [1.165, 1.54) is 29.5 Å². The zero-order chi connectivity index (χ0) is 14.1. The van der Waals surface area contributed by atoms with E-state index in [-0.39, 0.29) is 0 Å². The first-order chi connectivity index (χ1) is 10.4. The van der Waals surface area contributed by atoms with Gasteiger partial charge in [-0.1, -0.05) is 42.5 Å².